The first kappa shape index (κ1) is 24.4. The molecule has 0 aliphatic carbocycles. The number of esters is 1. The molecule has 0 spiro atoms. The van der Waals surface area contributed by atoms with Gasteiger partial charge in [-0.3, -0.25) is 4.79 Å². The van der Waals surface area contributed by atoms with Crippen molar-refractivity contribution in [1.82, 2.24) is 5.32 Å². The summed E-state index contributed by atoms with van der Waals surface area (Å²) in [6, 6.07) is -0.682. The van der Waals surface area contributed by atoms with Crippen molar-refractivity contribution in [2.45, 2.75) is 89.1 Å². The molecule has 0 aromatic rings. The van der Waals surface area contributed by atoms with Crippen molar-refractivity contribution >= 4 is 23.6 Å². The third kappa shape index (κ3) is 6.07. The van der Waals surface area contributed by atoms with Crippen LogP contribution in [0, 0.1) is 5.92 Å². The van der Waals surface area contributed by atoms with Gasteiger partial charge in [-0.1, -0.05) is 20.8 Å². The van der Waals surface area contributed by atoms with Gasteiger partial charge in [-0.25, -0.2) is 4.79 Å². The SMILES string of the molecule is CCCSC(CC(=O)N[C@H](C(=O)OC)C(C)C)[C@H]1O[C@@H](OC)[C@@H]2OC(C)(C)O[C@@H]21. The zero-order valence-corrected chi connectivity index (χ0v) is 19.2. The summed E-state index contributed by atoms with van der Waals surface area (Å²) >= 11 is 1.67. The summed E-state index contributed by atoms with van der Waals surface area (Å²) < 4.78 is 28.4. The number of hydrogen-bond acceptors (Lipinski definition) is 8. The predicted molar refractivity (Wildman–Crippen MR) is 109 cm³/mol. The van der Waals surface area contributed by atoms with Crippen LogP contribution in [0.2, 0.25) is 0 Å². The Kier molecular flexibility index (Phi) is 8.78. The lowest BCUT2D eigenvalue weighted by Gasteiger charge is -2.29. The number of rotatable bonds is 10. The van der Waals surface area contributed by atoms with E-state index < -0.39 is 24.1 Å². The van der Waals surface area contributed by atoms with E-state index in [1.165, 1.54) is 7.11 Å². The van der Waals surface area contributed by atoms with E-state index in [1.54, 1.807) is 18.9 Å². The molecule has 0 bridgehead atoms. The molecule has 0 saturated carbocycles. The zero-order chi connectivity index (χ0) is 21.8. The van der Waals surface area contributed by atoms with E-state index in [0.29, 0.717) is 0 Å². The second-order valence-electron chi connectivity index (χ2n) is 8.20. The van der Waals surface area contributed by atoms with Crippen LogP contribution < -0.4 is 5.32 Å². The molecule has 8 nitrogen and oxygen atoms in total. The molecule has 9 heteroatoms. The van der Waals surface area contributed by atoms with Crippen LogP contribution in [0.4, 0.5) is 0 Å². The van der Waals surface area contributed by atoms with Gasteiger partial charge in [-0.05, 0) is 31.9 Å². The third-order valence-corrected chi connectivity index (χ3v) is 6.51. The van der Waals surface area contributed by atoms with Crippen LogP contribution in [0.15, 0.2) is 0 Å². The number of nitrogens with one attached hydrogen (secondary N) is 1. The van der Waals surface area contributed by atoms with Gasteiger partial charge in [-0.2, -0.15) is 11.8 Å². The highest BCUT2D eigenvalue weighted by molar-refractivity contribution is 7.99. The van der Waals surface area contributed by atoms with Gasteiger partial charge in [-0.15, -0.1) is 0 Å². The van der Waals surface area contributed by atoms with Crippen LogP contribution >= 0.6 is 11.8 Å². The monoisotopic (exact) mass is 433 g/mol. The van der Waals surface area contributed by atoms with E-state index in [4.69, 9.17) is 23.7 Å². The summed E-state index contributed by atoms with van der Waals surface area (Å²) in [4.78, 5) is 24.8. The highest BCUT2D eigenvalue weighted by Gasteiger charge is 2.57. The molecule has 0 aromatic carbocycles. The number of carbonyl (C=O) groups is 2. The van der Waals surface area contributed by atoms with E-state index in [-0.39, 0.29) is 41.8 Å². The molecule has 2 rings (SSSR count). The molecule has 29 heavy (non-hydrogen) atoms. The fourth-order valence-corrected chi connectivity index (χ4v) is 4.88. The first-order chi connectivity index (χ1) is 13.6. The Balaban J connectivity index is 2.12. The van der Waals surface area contributed by atoms with Crippen molar-refractivity contribution in [3.63, 3.8) is 0 Å². The third-order valence-electron chi connectivity index (χ3n) is 5.01. The molecule has 2 aliphatic rings. The average molecular weight is 434 g/mol. The van der Waals surface area contributed by atoms with E-state index in [1.807, 2.05) is 27.7 Å². The fraction of sp³-hybridized carbons (Fsp3) is 0.900. The molecular weight excluding hydrogens is 398 g/mol. The maximum absolute atomic E-state index is 12.8. The van der Waals surface area contributed by atoms with Crippen LogP contribution in [0.5, 0.6) is 0 Å². The Morgan fingerprint density at radius 3 is 2.38 bits per heavy atom. The molecule has 168 valence electrons. The van der Waals surface area contributed by atoms with Gasteiger partial charge in [0.05, 0.1) is 7.11 Å². The second kappa shape index (κ2) is 10.4. The first-order valence-electron chi connectivity index (χ1n) is 10.2. The van der Waals surface area contributed by atoms with Gasteiger partial charge in [0, 0.05) is 18.8 Å². The lowest BCUT2D eigenvalue weighted by molar-refractivity contribution is -0.226. The standard InChI is InChI=1S/C20H35NO7S/c1-8-9-29-12(10-13(22)21-14(11(2)3)18(23)24-6)15-16-17(19(25-7)26-15)28-20(4,5)27-16/h11-12,14-17,19H,8-10H2,1-7H3,(H,21,22)/t12?,14-,15+,16+,17+,19+/m0/s1. The van der Waals surface area contributed by atoms with Crippen LogP contribution in [0.1, 0.15) is 47.5 Å². The van der Waals surface area contributed by atoms with Crippen molar-refractivity contribution in [2.75, 3.05) is 20.0 Å². The lowest BCUT2D eigenvalue weighted by Crippen LogP contribution is -2.47. The van der Waals surface area contributed by atoms with Gasteiger partial charge < -0.3 is 29.0 Å². The minimum atomic E-state index is -0.732. The molecular formula is C20H35NO7S. The van der Waals surface area contributed by atoms with Crippen molar-refractivity contribution in [1.29, 1.82) is 0 Å². The Labute approximate surface area is 177 Å². The van der Waals surface area contributed by atoms with Crippen molar-refractivity contribution in [2.24, 2.45) is 5.92 Å². The maximum Gasteiger partial charge on any atom is 0.328 e. The smallest absolute Gasteiger partial charge is 0.328 e. The normalized spacial score (nSPS) is 30.1. The van der Waals surface area contributed by atoms with Crippen LogP contribution in [0.3, 0.4) is 0 Å². The Morgan fingerprint density at radius 2 is 1.83 bits per heavy atom. The largest absolute Gasteiger partial charge is 0.467 e. The van der Waals surface area contributed by atoms with Gasteiger partial charge >= 0.3 is 5.97 Å². The number of amides is 1. The highest BCUT2D eigenvalue weighted by atomic mass is 32.2. The molecule has 0 aromatic heterocycles. The number of thioether (sulfide) groups is 1. The van der Waals surface area contributed by atoms with Crippen LogP contribution in [-0.2, 0) is 33.3 Å². The van der Waals surface area contributed by atoms with Crippen LogP contribution in [0.25, 0.3) is 0 Å². The summed E-state index contributed by atoms with van der Waals surface area (Å²) in [5.41, 5.74) is 0. The summed E-state index contributed by atoms with van der Waals surface area (Å²) in [5.74, 6) is -0.601. The van der Waals surface area contributed by atoms with E-state index in [0.717, 1.165) is 12.2 Å². The van der Waals surface area contributed by atoms with E-state index in [2.05, 4.69) is 12.2 Å². The number of hydrogen-bond donors (Lipinski definition) is 1. The topological polar surface area (TPSA) is 92.3 Å². The number of methoxy groups -OCH3 is 2. The Hall–Kier alpha value is -0.870. The van der Waals surface area contributed by atoms with Gasteiger partial charge in [0.25, 0.3) is 0 Å². The van der Waals surface area contributed by atoms with Crippen molar-refractivity contribution < 1.29 is 33.3 Å². The fourth-order valence-electron chi connectivity index (χ4n) is 3.66. The van der Waals surface area contributed by atoms with E-state index in [9.17, 15) is 9.59 Å². The number of fused-ring (bicyclic) bond motifs is 1. The summed E-state index contributed by atoms with van der Waals surface area (Å²) in [6.07, 6.45) is -0.400. The molecule has 6 atom stereocenters. The molecule has 1 amide bonds. The Bertz CT molecular complexity index is 571. The quantitative estimate of drug-likeness (QED) is 0.524. The molecule has 2 saturated heterocycles. The van der Waals surface area contributed by atoms with Gasteiger partial charge in [0.1, 0.15) is 24.4 Å². The average Bonchev–Trinajstić information content (AvgIpc) is 3.14. The molecule has 2 aliphatic heterocycles. The Morgan fingerprint density at radius 1 is 1.17 bits per heavy atom. The minimum Gasteiger partial charge on any atom is -0.467 e. The number of carbonyl (C=O) groups excluding carboxylic acids is 2. The lowest BCUT2D eigenvalue weighted by atomic mass is 10.0. The number of ether oxygens (including phenoxy) is 5. The van der Waals surface area contributed by atoms with Gasteiger partial charge in [0.2, 0.25) is 5.91 Å². The summed E-state index contributed by atoms with van der Waals surface area (Å²) in [6.45, 7) is 9.54. The highest BCUT2D eigenvalue weighted by Crippen LogP contribution is 2.42. The van der Waals surface area contributed by atoms with Crippen LogP contribution in [-0.4, -0.2) is 73.5 Å². The maximum atomic E-state index is 12.8. The van der Waals surface area contributed by atoms with Gasteiger partial charge in [0.15, 0.2) is 12.1 Å². The molecule has 0 radical (unpaired) electrons. The molecule has 2 fully saturated rings. The molecule has 2 heterocycles. The van der Waals surface area contributed by atoms with Crippen molar-refractivity contribution in [3.8, 4) is 0 Å². The minimum absolute atomic E-state index is 0.0782. The summed E-state index contributed by atoms with van der Waals surface area (Å²) in [7, 11) is 2.89. The van der Waals surface area contributed by atoms with E-state index >= 15 is 0 Å². The molecule has 1 N–H and O–H groups in total. The predicted octanol–water partition coefficient (Wildman–Crippen LogP) is 2.09. The second-order valence-corrected chi connectivity index (χ2v) is 9.54. The molecule has 1 unspecified atom stereocenters. The zero-order valence-electron chi connectivity index (χ0n) is 18.4. The van der Waals surface area contributed by atoms with Crippen molar-refractivity contribution in [3.05, 3.63) is 0 Å². The summed E-state index contributed by atoms with van der Waals surface area (Å²) in [5, 5.41) is 2.65. The first-order valence-corrected chi connectivity index (χ1v) is 11.2.